The summed E-state index contributed by atoms with van der Waals surface area (Å²) in [5.74, 6) is 0.154. The summed E-state index contributed by atoms with van der Waals surface area (Å²) in [5.41, 5.74) is 1.42. The van der Waals surface area contributed by atoms with E-state index in [1.165, 1.54) is 11.3 Å². The summed E-state index contributed by atoms with van der Waals surface area (Å²) in [6.07, 6.45) is 7.25. The molecule has 2 fully saturated rings. The molecular formula is C21H26N4O2S. The average molecular weight is 399 g/mol. The third kappa shape index (κ3) is 3.11. The highest BCUT2D eigenvalue weighted by molar-refractivity contribution is 7.17. The number of fused-ring (bicyclic) bond motifs is 1. The SMILES string of the molecule is CC(=O)N1CCC[C@@H]2N(C(=O)c3sc(-c4cccnc4)nc3C)CCC[C@@]21C. The Hall–Kier alpha value is -2.28. The average Bonchev–Trinajstić information content (AvgIpc) is 3.08. The second kappa shape index (κ2) is 7.28. The van der Waals surface area contributed by atoms with Crippen molar-refractivity contribution in [1.29, 1.82) is 0 Å². The van der Waals surface area contributed by atoms with E-state index in [2.05, 4.69) is 16.9 Å². The second-order valence-electron chi connectivity index (χ2n) is 7.96. The molecule has 148 valence electrons. The molecule has 2 aliphatic rings. The van der Waals surface area contributed by atoms with Crippen molar-refractivity contribution in [1.82, 2.24) is 19.8 Å². The fourth-order valence-electron chi connectivity index (χ4n) is 4.84. The van der Waals surface area contributed by atoms with Crippen molar-refractivity contribution in [3.05, 3.63) is 35.1 Å². The maximum atomic E-state index is 13.5. The van der Waals surface area contributed by atoms with Gasteiger partial charge in [0, 0.05) is 38.0 Å². The lowest BCUT2D eigenvalue weighted by Gasteiger charge is -2.56. The molecule has 2 atom stereocenters. The van der Waals surface area contributed by atoms with Crippen molar-refractivity contribution in [2.45, 2.75) is 58.0 Å². The van der Waals surface area contributed by atoms with Gasteiger partial charge in [0.05, 0.1) is 17.3 Å². The van der Waals surface area contributed by atoms with Gasteiger partial charge in [-0.2, -0.15) is 0 Å². The van der Waals surface area contributed by atoms with Gasteiger partial charge in [0.15, 0.2) is 0 Å². The van der Waals surface area contributed by atoms with E-state index in [0.717, 1.165) is 55.0 Å². The van der Waals surface area contributed by atoms with Gasteiger partial charge >= 0.3 is 0 Å². The van der Waals surface area contributed by atoms with Crippen molar-refractivity contribution < 1.29 is 9.59 Å². The van der Waals surface area contributed by atoms with E-state index < -0.39 is 0 Å². The molecule has 0 saturated carbocycles. The third-order valence-corrected chi connectivity index (χ3v) is 7.39. The molecule has 0 bridgehead atoms. The van der Waals surface area contributed by atoms with Crippen LogP contribution < -0.4 is 0 Å². The summed E-state index contributed by atoms with van der Waals surface area (Å²) >= 11 is 1.44. The number of pyridine rings is 1. The summed E-state index contributed by atoms with van der Waals surface area (Å²) < 4.78 is 0. The van der Waals surface area contributed by atoms with Gasteiger partial charge in [-0.25, -0.2) is 4.98 Å². The van der Waals surface area contributed by atoms with Gasteiger partial charge in [-0.3, -0.25) is 14.6 Å². The molecule has 28 heavy (non-hydrogen) atoms. The number of thiazole rings is 1. The molecule has 7 heteroatoms. The number of nitrogens with zero attached hydrogens (tertiary/aromatic N) is 4. The molecule has 0 unspecified atom stereocenters. The number of aromatic nitrogens is 2. The van der Waals surface area contributed by atoms with Crippen molar-refractivity contribution in [2.24, 2.45) is 0 Å². The first-order valence-electron chi connectivity index (χ1n) is 9.89. The third-order valence-electron chi connectivity index (χ3n) is 6.19. The first-order valence-corrected chi connectivity index (χ1v) is 10.7. The Labute approximate surface area is 169 Å². The molecule has 0 aliphatic carbocycles. The van der Waals surface area contributed by atoms with E-state index in [-0.39, 0.29) is 23.4 Å². The van der Waals surface area contributed by atoms with E-state index in [1.54, 1.807) is 19.3 Å². The lowest BCUT2D eigenvalue weighted by Crippen LogP contribution is -2.67. The standard InChI is InChI=1S/C21H26N4O2S/c1-14-18(28-19(23-14)16-7-4-10-22-13-16)20(27)24-11-6-9-21(3)17(24)8-5-12-25(21)15(2)26/h4,7,10,13,17H,5-6,8-9,11-12H2,1-3H3/t17-,21-/m0/s1. The van der Waals surface area contributed by atoms with Crippen molar-refractivity contribution in [2.75, 3.05) is 13.1 Å². The van der Waals surface area contributed by atoms with Gasteiger partial charge in [-0.15, -0.1) is 11.3 Å². The fraction of sp³-hybridized carbons (Fsp3) is 0.524. The van der Waals surface area contributed by atoms with Crippen LogP contribution in [-0.4, -0.2) is 56.3 Å². The zero-order valence-corrected chi connectivity index (χ0v) is 17.5. The Balaban J connectivity index is 1.65. The normalized spacial score (nSPS) is 24.8. The van der Waals surface area contributed by atoms with Crippen molar-refractivity contribution >= 4 is 23.2 Å². The minimum atomic E-state index is -0.275. The zero-order chi connectivity index (χ0) is 19.9. The van der Waals surface area contributed by atoms with Gasteiger partial charge in [0.2, 0.25) is 5.91 Å². The van der Waals surface area contributed by atoms with Gasteiger partial charge in [-0.1, -0.05) is 0 Å². The number of piperidine rings is 2. The first kappa shape index (κ1) is 19.1. The minimum absolute atomic E-state index is 0.0477. The monoisotopic (exact) mass is 398 g/mol. The number of likely N-dealkylation sites (tertiary alicyclic amines) is 2. The summed E-state index contributed by atoms with van der Waals surface area (Å²) in [6.45, 7) is 7.22. The van der Waals surface area contributed by atoms with Gasteiger partial charge in [-0.05, 0) is 51.7 Å². The Kier molecular flexibility index (Phi) is 4.95. The van der Waals surface area contributed by atoms with E-state index in [1.807, 2.05) is 28.9 Å². The van der Waals surface area contributed by atoms with Gasteiger partial charge in [0.25, 0.3) is 5.91 Å². The maximum absolute atomic E-state index is 13.5. The van der Waals surface area contributed by atoms with Crippen LogP contribution in [0.25, 0.3) is 10.6 Å². The molecular weight excluding hydrogens is 372 g/mol. The summed E-state index contributed by atoms with van der Waals surface area (Å²) in [4.78, 5) is 39.2. The molecule has 2 aromatic rings. The summed E-state index contributed by atoms with van der Waals surface area (Å²) in [7, 11) is 0. The Morgan fingerprint density at radius 2 is 2.11 bits per heavy atom. The molecule has 0 aromatic carbocycles. The molecule has 0 N–H and O–H groups in total. The minimum Gasteiger partial charge on any atom is -0.335 e. The van der Waals surface area contributed by atoms with Crippen LogP contribution in [0, 0.1) is 6.92 Å². The molecule has 2 aromatic heterocycles. The number of carbonyl (C=O) groups excluding carboxylic acids is 2. The molecule has 0 radical (unpaired) electrons. The van der Waals surface area contributed by atoms with Crippen LogP contribution in [0.1, 0.15) is 54.9 Å². The van der Waals surface area contributed by atoms with Gasteiger partial charge in [0.1, 0.15) is 9.88 Å². The topological polar surface area (TPSA) is 66.4 Å². The quantitative estimate of drug-likeness (QED) is 0.776. The second-order valence-corrected chi connectivity index (χ2v) is 8.96. The van der Waals surface area contributed by atoms with Crippen LogP contribution >= 0.6 is 11.3 Å². The molecule has 2 amide bonds. The van der Waals surface area contributed by atoms with Crippen LogP contribution in [0.15, 0.2) is 24.5 Å². The molecule has 4 heterocycles. The number of rotatable bonds is 2. The van der Waals surface area contributed by atoms with Crippen molar-refractivity contribution in [3.8, 4) is 10.6 Å². The van der Waals surface area contributed by atoms with E-state index in [9.17, 15) is 9.59 Å². The van der Waals surface area contributed by atoms with E-state index >= 15 is 0 Å². The van der Waals surface area contributed by atoms with E-state index in [0.29, 0.717) is 4.88 Å². The Bertz CT molecular complexity index is 897. The Morgan fingerprint density at radius 3 is 2.82 bits per heavy atom. The summed E-state index contributed by atoms with van der Waals surface area (Å²) in [5, 5.41) is 0.822. The zero-order valence-electron chi connectivity index (χ0n) is 16.6. The van der Waals surface area contributed by atoms with Crippen LogP contribution in [0.3, 0.4) is 0 Å². The number of aryl methyl sites for hydroxylation is 1. The smallest absolute Gasteiger partial charge is 0.266 e. The maximum Gasteiger partial charge on any atom is 0.266 e. The molecule has 0 spiro atoms. The summed E-state index contributed by atoms with van der Waals surface area (Å²) in [6, 6.07) is 3.90. The number of hydrogen-bond acceptors (Lipinski definition) is 5. The molecule has 6 nitrogen and oxygen atoms in total. The number of amides is 2. The van der Waals surface area contributed by atoms with Crippen LogP contribution in [0.2, 0.25) is 0 Å². The van der Waals surface area contributed by atoms with Crippen molar-refractivity contribution in [3.63, 3.8) is 0 Å². The van der Waals surface area contributed by atoms with E-state index in [4.69, 9.17) is 0 Å². The Morgan fingerprint density at radius 1 is 1.29 bits per heavy atom. The predicted octanol–water partition coefficient (Wildman–Crippen LogP) is 3.52. The highest BCUT2D eigenvalue weighted by Gasteiger charge is 2.49. The van der Waals surface area contributed by atoms with Crippen LogP contribution in [-0.2, 0) is 4.79 Å². The fourth-order valence-corrected chi connectivity index (χ4v) is 5.86. The molecule has 2 aliphatic heterocycles. The highest BCUT2D eigenvalue weighted by Crippen LogP contribution is 2.40. The lowest BCUT2D eigenvalue weighted by atomic mass is 9.76. The number of hydrogen-bond donors (Lipinski definition) is 0. The largest absolute Gasteiger partial charge is 0.335 e. The highest BCUT2D eigenvalue weighted by atomic mass is 32.1. The molecule has 2 saturated heterocycles. The van der Waals surface area contributed by atoms with Crippen LogP contribution in [0.5, 0.6) is 0 Å². The van der Waals surface area contributed by atoms with Crippen LogP contribution in [0.4, 0.5) is 0 Å². The van der Waals surface area contributed by atoms with Gasteiger partial charge < -0.3 is 9.80 Å². The molecule has 4 rings (SSSR count). The first-order chi connectivity index (χ1) is 13.4. The predicted molar refractivity (Wildman–Crippen MR) is 109 cm³/mol. The lowest BCUT2D eigenvalue weighted by molar-refractivity contribution is -0.143. The number of carbonyl (C=O) groups is 2.